The van der Waals surface area contributed by atoms with Gasteiger partial charge >= 0.3 is 5.97 Å². The first-order valence-electron chi connectivity index (χ1n) is 6.64. The highest BCUT2D eigenvalue weighted by Gasteiger charge is 2.34. The second-order valence-corrected chi connectivity index (χ2v) is 7.60. The van der Waals surface area contributed by atoms with Gasteiger partial charge in [0, 0.05) is 12.8 Å². The van der Waals surface area contributed by atoms with Gasteiger partial charge in [-0.15, -0.1) is 10.2 Å². The van der Waals surface area contributed by atoms with E-state index in [4.69, 9.17) is 9.52 Å². The van der Waals surface area contributed by atoms with E-state index in [1.54, 1.807) is 6.92 Å². The molecule has 0 saturated carbocycles. The van der Waals surface area contributed by atoms with Crippen LogP contribution in [0.15, 0.2) is 4.42 Å². The van der Waals surface area contributed by atoms with Crippen LogP contribution in [-0.4, -0.2) is 35.4 Å². The summed E-state index contributed by atoms with van der Waals surface area (Å²) < 4.78 is 29.3. The second kappa shape index (κ2) is 5.90. The SMILES string of the molecule is CC(CC(=O)O)Cc1nnc(C2CCCCS2(=O)=O)o1. The van der Waals surface area contributed by atoms with Crippen molar-refractivity contribution in [1.82, 2.24) is 10.2 Å². The van der Waals surface area contributed by atoms with Crippen LogP contribution < -0.4 is 0 Å². The molecule has 112 valence electrons. The Labute approximate surface area is 117 Å². The van der Waals surface area contributed by atoms with Crippen molar-refractivity contribution in [2.24, 2.45) is 5.92 Å². The zero-order chi connectivity index (χ0) is 14.8. The number of sulfone groups is 1. The molecule has 1 saturated heterocycles. The summed E-state index contributed by atoms with van der Waals surface area (Å²) in [6, 6.07) is 0. The molecule has 0 aromatic carbocycles. The summed E-state index contributed by atoms with van der Waals surface area (Å²) >= 11 is 0. The minimum absolute atomic E-state index is 0.0133. The van der Waals surface area contributed by atoms with Gasteiger partial charge in [-0.05, 0) is 18.8 Å². The van der Waals surface area contributed by atoms with E-state index in [2.05, 4.69) is 10.2 Å². The molecule has 2 atom stereocenters. The van der Waals surface area contributed by atoms with Crippen LogP contribution in [0.25, 0.3) is 0 Å². The maximum Gasteiger partial charge on any atom is 0.303 e. The maximum absolute atomic E-state index is 12.0. The molecule has 1 fully saturated rings. The van der Waals surface area contributed by atoms with Crippen molar-refractivity contribution >= 4 is 15.8 Å². The molecule has 1 aliphatic heterocycles. The summed E-state index contributed by atoms with van der Waals surface area (Å²) in [4.78, 5) is 10.6. The number of hydrogen-bond acceptors (Lipinski definition) is 6. The van der Waals surface area contributed by atoms with Crippen molar-refractivity contribution in [2.45, 2.75) is 44.3 Å². The summed E-state index contributed by atoms with van der Waals surface area (Å²) in [5.74, 6) is -0.419. The fourth-order valence-corrected chi connectivity index (χ4v) is 4.20. The Morgan fingerprint density at radius 2 is 2.20 bits per heavy atom. The van der Waals surface area contributed by atoms with E-state index in [0.717, 1.165) is 6.42 Å². The molecule has 0 radical (unpaired) electrons. The lowest BCUT2D eigenvalue weighted by Gasteiger charge is -2.18. The molecular formula is C12H18N2O5S. The van der Waals surface area contributed by atoms with Crippen molar-refractivity contribution in [3.05, 3.63) is 11.8 Å². The smallest absolute Gasteiger partial charge is 0.303 e. The van der Waals surface area contributed by atoms with E-state index in [1.165, 1.54) is 0 Å². The highest BCUT2D eigenvalue weighted by molar-refractivity contribution is 7.91. The minimum Gasteiger partial charge on any atom is -0.481 e. The molecule has 0 bridgehead atoms. The number of hydrogen-bond donors (Lipinski definition) is 1. The molecule has 1 aliphatic rings. The number of carboxylic acid groups (broad SMARTS) is 1. The topological polar surface area (TPSA) is 110 Å². The molecule has 0 spiro atoms. The van der Waals surface area contributed by atoms with Crippen molar-refractivity contribution in [1.29, 1.82) is 0 Å². The third kappa shape index (κ3) is 3.56. The molecule has 2 rings (SSSR count). The number of nitrogens with zero attached hydrogens (tertiary/aromatic N) is 2. The van der Waals surface area contributed by atoms with Crippen LogP contribution in [0.3, 0.4) is 0 Å². The molecule has 8 heteroatoms. The molecular weight excluding hydrogens is 284 g/mol. The van der Waals surface area contributed by atoms with Gasteiger partial charge in [-0.2, -0.15) is 0 Å². The third-order valence-electron chi connectivity index (χ3n) is 3.38. The highest BCUT2D eigenvalue weighted by Crippen LogP contribution is 2.32. The molecule has 2 unspecified atom stereocenters. The first kappa shape index (κ1) is 15.0. The van der Waals surface area contributed by atoms with Crippen LogP contribution in [0.5, 0.6) is 0 Å². The van der Waals surface area contributed by atoms with Crippen LogP contribution in [0, 0.1) is 5.92 Å². The van der Waals surface area contributed by atoms with Crippen molar-refractivity contribution in [3.63, 3.8) is 0 Å². The predicted molar refractivity (Wildman–Crippen MR) is 69.8 cm³/mol. The van der Waals surface area contributed by atoms with Gasteiger partial charge in [-0.3, -0.25) is 4.79 Å². The summed E-state index contributed by atoms with van der Waals surface area (Å²) in [6.45, 7) is 1.77. The van der Waals surface area contributed by atoms with E-state index in [1.807, 2.05) is 0 Å². The van der Waals surface area contributed by atoms with Gasteiger partial charge in [-0.1, -0.05) is 13.3 Å². The average molecular weight is 302 g/mol. The van der Waals surface area contributed by atoms with Crippen LogP contribution in [0.1, 0.15) is 49.6 Å². The quantitative estimate of drug-likeness (QED) is 0.874. The summed E-state index contributed by atoms with van der Waals surface area (Å²) in [7, 11) is -3.20. The molecule has 0 aliphatic carbocycles. The third-order valence-corrected chi connectivity index (χ3v) is 5.54. The normalized spacial score (nSPS) is 23.4. The zero-order valence-corrected chi connectivity index (χ0v) is 12.1. The Balaban J connectivity index is 2.07. The molecule has 2 heterocycles. The Bertz CT molecular complexity index is 580. The average Bonchev–Trinajstić information content (AvgIpc) is 2.75. The molecule has 20 heavy (non-hydrogen) atoms. The number of carbonyl (C=O) groups is 1. The largest absolute Gasteiger partial charge is 0.481 e. The molecule has 1 aromatic rings. The van der Waals surface area contributed by atoms with Gasteiger partial charge in [0.15, 0.2) is 9.84 Å². The van der Waals surface area contributed by atoms with Crippen LogP contribution in [-0.2, 0) is 21.1 Å². The van der Waals surface area contributed by atoms with Crippen LogP contribution in [0.2, 0.25) is 0 Å². The summed E-state index contributed by atoms with van der Waals surface area (Å²) in [6.07, 6.45) is 2.37. The van der Waals surface area contributed by atoms with E-state index in [9.17, 15) is 13.2 Å². The van der Waals surface area contributed by atoms with E-state index < -0.39 is 21.1 Å². The number of aliphatic carboxylic acids is 1. The van der Waals surface area contributed by atoms with Crippen LogP contribution in [0.4, 0.5) is 0 Å². The van der Waals surface area contributed by atoms with Gasteiger partial charge in [-0.25, -0.2) is 8.42 Å². The van der Waals surface area contributed by atoms with Gasteiger partial charge in [0.1, 0.15) is 5.25 Å². The number of rotatable bonds is 5. The van der Waals surface area contributed by atoms with Crippen molar-refractivity contribution in [3.8, 4) is 0 Å². The van der Waals surface area contributed by atoms with E-state index in [0.29, 0.717) is 25.2 Å². The predicted octanol–water partition coefficient (Wildman–Crippen LogP) is 1.36. The Kier molecular flexibility index (Phi) is 4.42. The Morgan fingerprint density at radius 3 is 2.85 bits per heavy atom. The fraction of sp³-hybridized carbons (Fsp3) is 0.750. The summed E-state index contributed by atoms with van der Waals surface area (Å²) in [5.41, 5.74) is 0. The Morgan fingerprint density at radius 1 is 1.45 bits per heavy atom. The first-order valence-corrected chi connectivity index (χ1v) is 8.35. The first-order chi connectivity index (χ1) is 9.38. The molecule has 7 nitrogen and oxygen atoms in total. The maximum atomic E-state index is 12.0. The van der Waals surface area contributed by atoms with Crippen LogP contribution >= 0.6 is 0 Å². The molecule has 0 amide bonds. The lowest BCUT2D eigenvalue weighted by atomic mass is 10.0. The highest BCUT2D eigenvalue weighted by atomic mass is 32.2. The molecule has 1 N–H and O–H groups in total. The molecule has 1 aromatic heterocycles. The van der Waals surface area contributed by atoms with Gasteiger partial charge < -0.3 is 9.52 Å². The van der Waals surface area contributed by atoms with E-state index in [-0.39, 0.29) is 24.0 Å². The number of aromatic nitrogens is 2. The lowest BCUT2D eigenvalue weighted by Crippen LogP contribution is -2.21. The standard InChI is InChI=1S/C12H18N2O5S/c1-8(7-11(15)16)6-10-13-14-12(19-10)9-4-2-3-5-20(9,17)18/h8-9H,2-7H2,1H3,(H,15,16). The number of carboxylic acids is 1. The Hall–Kier alpha value is -1.44. The van der Waals surface area contributed by atoms with Crippen molar-refractivity contribution in [2.75, 3.05) is 5.75 Å². The van der Waals surface area contributed by atoms with Gasteiger partial charge in [0.05, 0.1) is 5.75 Å². The monoisotopic (exact) mass is 302 g/mol. The minimum atomic E-state index is -3.20. The van der Waals surface area contributed by atoms with Crippen molar-refractivity contribution < 1.29 is 22.7 Å². The van der Waals surface area contributed by atoms with Gasteiger partial charge in [0.25, 0.3) is 0 Å². The fourth-order valence-electron chi connectivity index (χ4n) is 2.38. The van der Waals surface area contributed by atoms with Gasteiger partial charge in [0.2, 0.25) is 11.8 Å². The summed E-state index contributed by atoms with van der Waals surface area (Å²) in [5, 5.41) is 15.6. The lowest BCUT2D eigenvalue weighted by molar-refractivity contribution is -0.137. The zero-order valence-electron chi connectivity index (χ0n) is 11.3. The second-order valence-electron chi connectivity index (χ2n) is 5.29. The van der Waals surface area contributed by atoms with E-state index >= 15 is 0 Å².